The summed E-state index contributed by atoms with van der Waals surface area (Å²) in [6.07, 6.45) is 2.94. The molecule has 0 aliphatic heterocycles. The summed E-state index contributed by atoms with van der Waals surface area (Å²) >= 11 is 0. The maximum Gasteiger partial charge on any atom is 0.355 e. The molecule has 2 N–H and O–H groups in total. The number of hydrogen-bond acceptors (Lipinski definition) is 7. The van der Waals surface area contributed by atoms with Crippen LogP contribution in [0.4, 0.5) is 4.79 Å². The number of carbonyl (C=O) groups is 1. The van der Waals surface area contributed by atoms with E-state index in [0.717, 1.165) is 11.1 Å². The minimum Gasteiger partial charge on any atom is -0.493 e. The lowest BCUT2D eigenvalue weighted by atomic mass is 10.2. The highest BCUT2D eigenvalue weighted by Gasteiger charge is 2.04. The fourth-order valence-corrected chi connectivity index (χ4v) is 2.22. The highest BCUT2D eigenvalue weighted by molar-refractivity contribution is 5.84. The van der Waals surface area contributed by atoms with Crippen molar-refractivity contribution in [2.75, 3.05) is 28.4 Å². The van der Waals surface area contributed by atoms with Crippen molar-refractivity contribution < 1.29 is 23.7 Å². The van der Waals surface area contributed by atoms with Crippen LogP contribution >= 0.6 is 0 Å². The smallest absolute Gasteiger partial charge is 0.355 e. The van der Waals surface area contributed by atoms with Crippen molar-refractivity contribution in [1.29, 1.82) is 0 Å². The molecule has 2 aromatic rings. The number of urea groups is 1. The lowest BCUT2D eigenvalue weighted by molar-refractivity contribution is 0.242. The van der Waals surface area contributed by atoms with E-state index in [9.17, 15) is 4.79 Å². The van der Waals surface area contributed by atoms with Crippen molar-refractivity contribution in [3.8, 4) is 23.0 Å². The minimum absolute atomic E-state index is 0.565. The lowest BCUT2D eigenvalue weighted by Gasteiger charge is -2.07. The largest absolute Gasteiger partial charge is 0.493 e. The molecule has 0 saturated heterocycles. The van der Waals surface area contributed by atoms with E-state index in [1.807, 2.05) is 0 Å². The first-order chi connectivity index (χ1) is 13.6. The van der Waals surface area contributed by atoms with Crippen LogP contribution in [0.2, 0.25) is 0 Å². The summed E-state index contributed by atoms with van der Waals surface area (Å²) in [5.41, 5.74) is 6.08. The molecule has 0 aliphatic rings. The van der Waals surface area contributed by atoms with Crippen LogP contribution in [0.1, 0.15) is 11.1 Å². The van der Waals surface area contributed by atoms with Gasteiger partial charge in [-0.25, -0.2) is 15.6 Å². The van der Waals surface area contributed by atoms with Gasteiger partial charge in [-0.15, -0.1) is 0 Å². The van der Waals surface area contributed by atoms with Crippen molar-refractivity contribution in [2.24, 2.45) is 10.2 Å². The summed E-state index contributed by atoms with van der Waals surface area (Å²) < 4.78 is 20.7. The van der Waals surface area contributed by atoms with Crippen molar-refractivity contribution in [1.82, 2.24) is 10.9 Å². The standard InChI is InChI=1S/C19H22N4O5/c1-25-15-7-5-13(9-17(15)27-3)11-20-22-19(24)23-21-12-14-6-8-16(26-2)18(10-14)28-4/h5-12H,1-4H3,(H2,22,23,24)/b20-11-,21-12+. The Morgan fingerprint density at radius 2 is 1.11 bits per heavy atom. The molecule has 0 atom stereocenters. The molecule has 0 radical (unpaired) electrons. The van der Waals surface area contributed by atoms with Gasteiger partial charge in [-0.3, -0.25) is 0 Å². The first-order valence-corrected chi connectivity index (χ1v) is 8.17. The van der Waals surface area contributed by atoms with Crippen LogP contribution in [0, 0.1) is 0 Å². The molecular formula is C19H22N4O5. The third-order valence-corrected chi connectivity index (χ3v) is 3.57. The topological polar surface area (TPSA) is 103 Å². The number of hydrazone groups is 2. The maximum atomic E-state index is 11.7. The summed E-state index contributed by atoms with van der Waals surface area (Å²) in [4.78, 5) is 11.7. The van der Waals surface area contributed by atoms with Crippen LogP contribution in [0.15, 0.2) is 46.6 Å². The van der Waals surface area contributed by atoms with Gasteiger partial charge in [0, 0.05) is 0 Å². The molecule has 0 aromatic heterocycles. The second-order valence-corrected chi connectivity index (χ2v) is 5.30. The summed E-state index contributed by atoms with van der Waals surface area (Å²) in [5, 5.41) is 7.71. The molecule has 0 aliphatic carbocycles. The Balaban J connectivity index is 1.89. The van der Waals surface area contributed by atoms with Crippen LogP contribution in [-0.2, 0) is 0 Å². The van der Waals surface area contributed by atoms with Gasteiger partial charge < -0.3 is 18.9 Å². The molecule has 28 heavy (non-hydrogen) atoms. The number of benzene rings is 2. The van der Waals surface area contributed by atoms with Crippen molar-refractivity contribution >= 4 is 18.5 Å². The Bertz CT molecular complexity index is 798. The predicted molar refractivity (Wildman–Crippen MR) is 106 cm³/mol. The zero-order chi connectivity index (χ0) is 20.4. The molecule has 0 spiro atoms. The highest BCUT2D eigenvalue weighted by atomic mass is 16.5. The minimum atomic E-state index is -0.589. The van der Waals surface area contributed by atoms with E-state index in [1.54, 1.807) is 64.8 Å². The van der Waals surface area contributed by atoms with Gasteiger partial charge in [0.2, 0.25) is 0 Å². The second kappa shape index (κ2) is 10.4. The molecule has 2 aromatic carbocycles. The second-order valence-electron chi connectivity index (χ2n) is 5.30. The summed E-state index contributed by atoms with van der Waals surface area (Å²) in [6, 6.07) is 9.92. The summed E-state index contributed by atoms with van der Waals surface area (Å²) in [7, 11) is 6.20. The average molecular weight is 386 g/mol. The monoisotopic (exact) mass is 386 g/mol. The molecule has 148 valence electrons. The number of methoxy groups -OCH3 is 4. The molecule has 0 saturated carbocycles. The third-order valence-electron chi connectivity index (χ3n) is 3.57. The van der Waals surface area contributed by atoms with Crippen LogP contribution in [0.5, 0.6) is 23.0 Å². The quantitative estimate of drug-likeness (QED) is 0.536. The zero-order valence-corrected chi connectivity index (χ0v) is 16.1. The van der Waals surface area contributed by atoms with E-state index in [1.165, 1.54) is 12.4 Å². The van der Waals surface area contributed by atoms with Crippen molar-refractivity contribution in [2.45, 2.75) is 0 Å². The Kier molecular flexibility index (Phi) is 7.64. The number of carbonyl (C=O) groups excluding carboxylic acids is 1. The molecule has 0 bridgehead atoms. The van der Waals surface area contributed by atoms with E-state index in [2.05, 4.69) is 21.1 Å². The molecule has 9 heteroatoms. The summed E-state index contributed by atoms with van der Waals surface area (Å²) in [6.45, 7) is 0. The van der Waals surface area contributed by atoms with Crippen molar-refractivity contribution in [3.63, 3.8) is 0 Å². The molecule has 2 rings (SSSR count). The van der Waals surface area contributed by atoms with Crippen LogP contribution in [0.25, 0.3) is 0 Å². The first-order valence-electron chi connectivity index (χ1n) is 8.17. The van der Waals surface area contributed by atoms with Gasteiger partial charge in [0.25, 0.3) is 0 Å². The molecule has 0 unspecified atom stereocenters. The van der Waals surface area contributed by atoms with Crippen molar-refractivity contribution in [3.05, 3.63) is 47.5 Å². The third kappa shape index (κ3) is 5.63. The maximum absolute atomic E-state index is 11.7. The predicted octanol–water partition coefficient (Wildman–Crippen LogP) is 2.39. The Labute approximate surface area is 162 Å². The normalized spacial score (nSPS) is 10.7. The molecule has 0 fully saturated rings. The van der Waals surface area contributed by atoms with Gasteiger partial charge in [-0.2, -0.15) is 10.2 Å². The average Bonchev–Trinajstić information content (AvgIpc) is 2.73. The number of ether oxygens (including phenoxy) is 4. The molecular weight excluding hydrogens is 364 g/mol. The first kappa shape index (κ1) is 20.6. The molecule has 2 amide bonds. The van der Waals surface area contributed by atoms with Gasteiger partial charge in [0.1, 0.15) is 0 Å². The van der Waals surface area contributed by atoms with Gasteiger partial charge in [-0.1, -0.05) is 0 Å². The number of nitrogens with one attached hydrogen (secondary N) is 2. The summed E-state index contributed by atoms with van der Waals surface area (Å²) in [5.74, 6) is 2.34. The van der Waals surface area contributed by atoms with Gasteiger partial charge >= 0.3 is 6.03 Å². The Morgan fingerprint density at radius 1 is 0.714 bits per heavy atom. The molecule has 0 heterocycles. The van der Waals surface area contributed by atoms with E-state index < -0.39 is 6.03 Å². The Morgan fingerprint density at radius 3 is 1.46 bits per heavy atom. The fraction of sp³-hybridized carbons (Fsp3) is 0.211. The van der Waals surface area contributed by atoms with Gasteiger partial charge in [0.05, 0.1) is 40.9 Å². The van der Waals surface area contributed by atoms with E-state index in [-0.39, 0.29) is 0 Å². The number of amides is 2. The lowest BCUT2D eigenvalue weighted by Crippen LogP contribution is -2.28. The number of hydrogen-bond donors (Lipinski definition) is 2. The fourth-order valence-electron chi connectivity index (χ4n) is 2.22. The number of rotatable bonds is 8. The Hall–Kier alpha value is -3.75. The van der Waals surface area contributed by atoms with Crippen LogP contribution < -0.4 is 29.8 Å². The SMILES string of the molecule is COc1ccc(/C=N\NC(=O)N/N=C/c2ccc(OC)c(OC)c2)cc1OC. The van der Waals surface area contributed by atoms with E-state index in [0.29, 0.717) is 23.0 Å². The molecule has 9 nitrogen and oxygen atoms in total. The van der Waals surface area contributed by atoms with Gasteiger partial charge in [-0.05, 0) is 47.5 Å². The zero-order valence-electron chi connectivity index (χ0n) is 16.1. The van der Waals surface area contributed by atoms with Crippen LogP contribution in [-0.4, -0.2) is 46.9 Å². The van der Waals surface area contributed by atoms with Gasteiger partial charge in [0.15, 0.2) is 23.0 Å². The highest BCUT2D eigenvalue weighted by Crippen LogP contribution is 2.27. The number of nitrogens with zero attached hydrogens (tertiary/aromatic N) is 2. The van der Waals surface area contributed by atoms with Crippen LogP contribution in [0.3, 0.4) is 0 Å². The van der Waals surface area contributed by atoms with E-state index >= 15 is 0 Å². The van der Waals surface area contributed by atoms with E-state index in [4.69, 9.17) is 18.9 Å².